The smallest absolute Gasteiger partial charge is 0.355 e. The Balaban J connectivity index is 1.49. The second-order valence-electron chi connectivity index (χ2n) is 7.50. The van der Waals surface area contributed by atoms with E-state index in [1.165, 1.54) is 11.0 Å². The molecule has 0 spiro atoms. The number of rotatable bonds is 7. The van der Waals surface area contributed by atoms with E-state index in [9.17, 15) is 14.4 Å². The van der Waals surface area contributed by atoms with Crippen LogP contribution in [0.25, 0.3) is 0 Å². The number of ether oxygens (including phenoxy) is 3. The van der Waals surface area contributed by atoms with E-state index in [2.05, 4.69) is 5.32 Å². The average molecular weight is 436 g/mol. The van der Waals surface area contributed by atoms with Crippen LogP contribution in [0.5, 0.6) is 5.75 Å². The van der Waals surface area contributed by atoms with E-state index in [-0.39, 0.29) is 24.6 Å². The summed E-state index contributed by atoms with van der Waals surface area (Å²) in [5.74, 6) is -0.852. The standard InChI is InChI=1S/C24H24N2O6/c1-3-30-19-10-5-4-9-17(19)23(28)25-20-12-18(26-21(27)13-22(26)32-20)24(29)31-14-16-8-6-7-15(2)11-16/h4-12,20,22H,3,13-14H2,1-2H3,(H,25,28)/t20?,22-/m1/s1. The minimum atomic E-state index is -0.895. The fourth-order valence-electron chi connectivity index (χ4n) is 3.63. The van der Waals surface area contributed by atoms with Crippen molar-refractivity contribution in [1.82, 2.24) is 10.2 Å². The molecule has 1 unspecified atom stereocenters. The zero-order chi connectivity index (χ0) is 22.7. The van der Waals surface area contributed by atoms with Crippen molar-refractivity contribution in [2.24, 2.45) is 0 Å². The van der Waals surface area contributed by atoms with E-state index in [0.29, 0.717) is 17.9 Å². The predicted octanol–water partition coefficient (Wildman–Crippen LogP) is 2.67. The number of esters is 1. The van der Waals surface area contributed by atoms with Gasteiger partial charge in [0.05, 0.1) is 18.6 Å². The molecule has 2 amide bonds. The van der Waals surface area contributed by atoms with Gasteiger partial charge in [0.1, 0.15) is 24.3 Å². The van der Waals surface area contributed by atoms with Gasteiger partial charge in [-0.1, -0.05) is 42.0 Å². The van der Waals surface area contributed by atoms with Gasteiger partial charge < -0.3 is 19.5 Å². The SMILES string of the molecule is CCOc1ccccc1C(=O)NC1C=C(C(=O)OCc2cccc(C)c2)N2C(=O)C[C@H]2O1. The van der Waals surface area contributed by atoms with Crippen molar-refractivity contribution in [3.63, 3.8) is 0 Å². The number of nitrogens with zero attached hydrogens (tertiary/aromatic N) is 1. The van der Waals surface area contributed by atoms with E-state index < -0.39 is 24.3 Å². The molecule has 1 N–H and O–H groups in total. The molecule has 8 heteroatoms. The number of hydrogen-bond donors (Lipinski definition) is 1. The Morgan fingerprint density at radius 1 is 1.19 bits per heavy atom. The first-order chi connectivity index (χ1) is 15.5. The Morgan fingerprint density at radius 2 is 2.00 bits per heavy atom. The lowest BCUT2D eigenvalue weighted by atomic mass is 10.1. The van der Waals surface area contributed by atoms with Gasteiger partial charge >= 0.3 is 5.97 Å². The van der Waals surface area contributed by atoms with Crippen LogP contribution in [-0.4, -0.2) is 41.7 Å². The number of amides is 2. The molecule has 8 nitrogen and oxygen atoms in total. The number of nitrogens with one attached hydrogen (secondary N) is 1. The summed E-state index contributed by atoms with van der Waals surface area (Å²) in [5.41, 5.74) is 2.31. The molecule has 1 saturated heterocycles. The highest BCUT2D eigenvalue weighted by Gasteiger charge is 2.46. The summed E-state index contributed by atoms with van der Waals surface area (Å²) in [5, 5.41) is 2.74. The molecular weight excluding hydrogens is 412 g/mol. The normalized spacial score (nSPS) is 19.4. The van der Waals surface area contributed by atoms with Crippen LogP contribution in [0, 0.1) is 6.92 Å². The number of hydrogen-bond acceptors (Lipinski definition) is 6. The molecule has 2 aliphatic heterocycles. The molecule has 2 aliphatic rings. The molecule has 2 heterocycles. The van der Waals surface area contributed by atoms with Gasteiger partial charge in [-0.15, -0.1) is 0 Å². The lowest BCUT2D eigenvalue weighted by Crippen LogP contribution is -2.60. The van der Waals surface area contributed by atoms with Crippen LogP contribution in [0.15, 0.2) is 60.3 Å². The number of carbonyl (C=O) groups is 3. The molecule has 0 aromatic heterocycles. The van der Waals surface area contributed by atoms with E-state index >= 15 is 0 Å². The average Bonchev–Trinajstić information content (AvgIpc) is 2.77. The molecule has 0 bridgehead atoms. The third-order valence-corrected chi connectivity index (χ3v) is 5.14. The third kappa shape index (κ3) is 4.50. The van der Waals surface area contributed by atoms with Crippen molar-refractivity contribution in [2.45, 2.75) is 39.3 Å². The number of carbonyl (C=O) groups excluding carboxylic acids is 3. The minimum Gasteiger partial charge on any atom is -0.493 e. The molecule has 2 atom stereocenters. The highest BCUT2D eigenvalue weighted by Crippen LogP contribution is 2.32. The van der Waals surface area contributed by atoms with E-state index in [1.807, 2.05) is 38.1 Å². The van der Waals surface area contributed by atoms with Gasteiger partial charge in [-0.2, -0.15) is 0 Å². The van der Waals surface area contributed by atoms with E-state index in [4.69, 9.17) is 14.2 Å². The molecule has 0 radical (unpaired) electrons. The van der Waals surface area contributed by atoms with E-state index in [1.54, 1.807) is 24.3 Å². The summed E-state index contributed by atoms with van der Waals surface area (Å²) >= 11 is 0. The summed E-state index contributed by atoms with van der Waals surface area (Å²) < 4.78 is 16.7. The topological polar surface area (TPSA) is 94.2 Å². The Labute approximate surface area is 185 Å². The Morgan fingerprint density at radius 3 is 2.75 bits per heavy atom. The number of β-lactam (4-membered cyclic amide) rings is 1. The lowest BCUT2D eigenvalue weighted by molar-refractivity contribution is -0.185. The summed E-state index contributed by atoms with van der Waals surface area (Å²) in [7, 11) is 0. The van der Waals surface area contributed by atoms with Gasteiger partial charge in [-0.25, -0.2) is 4.79 Å². The van der Waals surface area contributed by atoms with Gasteiger partial charge in [0.15, 0.2) is 6.23 Å². The van der Waals surface area contributed by atoms with Gasteiger partial charge in [-0.05, 0) is 37.6 Å². The molecule has 0 saturated carbocycles. The third-order valence-electron chi connectivity index (χ3n) is 5.14. The Kier molecular flexibility index (Phi) is 6.23. The summed E-state index contributed by atoms with van der Waals surface area (Å²) in [6, 6.07) is 14.5. The maximum atomic E-state index is 12.8. The number of benzene rings is 2. The number of aryl methyl sites for hydroxylation is 1. The molecule has 1 fully saturated rings. The molecule has 166 valence electrons. The summed E-state index contributed by atoms with van der Waals surface area (Å²) in [4.78, 5) is 38.9. The van der Waals surface area contributed by atoms with Crippen LogP contribution < -0.4 is 10.1 Å². The van der Waals surface area contributed by atoms with Crippen molar-refractivity contribution >= 4 is 17.8 Å². The summed E-state index contributed by atoms with van der Waals surface area (Å²) in [6.45, 7) is 4.27. The molecule has 2 aromatic carbocycles. The van der Waals surface area contributed by atoms with E-state index in [0.717, 1.165) is 11.1 Å². The lowest BCUT2D eigenvalue weighted by Gasteiger charge is -2.44. The van der Waals surface area contributed by atoms with Crippen molar-refractivity contribution in [2.75, 3.05) is 6.61 Å². The predicted molar refractivity (Wildman–Crippen MR) is 114 cm³/mol. The second-order valence-corrected chi connectivity index (χ2v) is 7.50. The Bertz CT molecular complexity index is 1080. The largest absolute Gasteiger partial charge is 0.493 e. The number of fused-ring (bicyclic) bond motifs is 1. The van der Waals surface area contributed by atoms with Crippen LogP contribution >= 0.6 is 0 Å². The Hall–Kier alpha value is -3.65. The first-order valence-electron chi connectivity index (χ1n) is 10.4. The monoisotopic (exact) mass is 436 g/mol. The summed E-state index contributed by atoms with van der Waals surface area (Å²) in [6.07, 6.45) is 0.00655. The molecule has 0 aliphatic carbocycles. The van der Waals surface area contributed by atoms with Crippen molar-refractivity contribution in [3.8, 4) is 5.75 Å². The zero-order valence-corrected chi connectivity index (χ0v) is 17.9. The van der Waals surface area contributed by atoms with Crippen LogP contribution in [0.1, 0.15) is 34.8 Å². The van der Waals surface area contributed by atoms with Gasteiger partial charge in [0.25, 0.3) is 5.91 Å². The van der Waals surface area contributed by atoms with Gasteiger partial charge in [-0.3, -0.25) is 14.5 Å². The fraction of sp³-hybridized carbons (Fsp3) is 0.292. The highest BCUT2D eigenvalue weighted by atomic mass is 16.5. The van der Waals surface area contributed by atoms with Crippen molar-refractivity contribution in [3.05, 3.63) is 77.0 Å². The van der Waals surface area contributed by atoms with Crippen molar-refractivity contribution < 1.29 is 28.6 Å². The zero-order valence-electron chi connectivity index (χ0n) is 17.9. The van der Waals surface area contributed by atoms with Gasteiger partial charge in [0, 0.05) is 0 Å². The quantitative estimate of drug-likeness (QED) is 0.530. The van der Waals surface area contributed by atoms with Crippen LogP contribution in [0.2, 0.25) is 0 Å². The molecule has 32 heavy (non-hydrogen) atoms. The maximum Gasteiger partial charge on any atom is 0.355 e. The first kappa shape index (κ1) is 21.6. The molecule has 2 aromatic rings. The van der Waals surface area contributed by atoms with Crippen molar-refractivity contribution in [1.29, 1.82) is 0 Å². The molecule has 4 rings (SSSR count). The minimum absolute atomic E-state index is 0.0635. The van der Waals surface area contributed by atoms with Crippen LogP contribution in [0.3, 0.4) is 0 Å². The van der Waals surface area contributed by atoms with Crippen LogP contribution in [0.4, 0.5) is 0 Å². The second kappa shape index (κ2) is 9.23. The van der Waals surface area contributed by atoms with Crippen LogP contribution in [-0.2, 0) is 25.7 Å². The number of para-hydroxylation sites is 1. The highest BCUT2D eigenvalue weighted by molar-refractivity contribution is 5.99. The molecular formula is C24H24N2O6. The first-order valence-corrected chi connectivity index (χ1v) is 10.4. The maximum absolute atomic E-state index is 12.8. The fourth-order valence-corrected chi connectivity index (χ4v) is 3.63. The van der Waals surface area contributed by atoms with Gasteiger partial charge in [0.2, 0.25) is 5.91 Å².